The molecule has 7 nitrogen and oxygen atoms in total. The SMILES string of the molecule is Cc1cc(Nc2cncc(Nc3ccc(Cl)c(OCc4ccccc4)c3)n2)n[nH]1. The van der Waals surface area contributed by atoms with Gasteiger partial charge in [0.1, 0.15) is 12.4 Å². The van der Waals surface area contributed by atoms with Gasteiger partial charge in [0.25, 0.3) is 0 Å². The number of H-pyrrole nitrogens is 1. The van der Waals surface area contributed by atoms with Gasteiger partial charge < -0.3 is 15.4 Å². The van der Waals surface area contributed by atoms with Gasteiger partial charge in [0.2, 0.25) is 0 Å². The van der Waals surface area contributed by atoms with E-state index >= 15 is 0 Å². The number of aromatic amines is 1. The second-order valence-electron chi connectivity index (χ2n) is 6.40. The second-order valence-corrected chi connectivity index (χ2v) is 6.80. The van der Waals surface area contributed by atoms with Crippen molar-refractivity contribution in [2.24, 2.45) is 0 Å². The maximum absolute atomic E-state index is 6.28. The zero-order chi connectivity index (χ0) is 20.1. The Morgan fingerprint density at radius 3 is 2.52 bits per heavy atom. The summed E-state index contributed by atoms with van der Waals surface area (Å²) >= 11 is 6.28. The zero-order valence-corrected chi connectivity index (χ0v) is 16.4. The molecule has 0 unspecified atom stereocenters. The molecule has 0 bridgehead atoms. The highest BCUT2D eigenvalue weighted by atomic mass is 35.5. The number of nitrogens with one attached hydrogen (secondary N) is 3. The van der Waals surface area contributed by atoms with Crippen LogP contribution in [0.15, 0.2) is 67.0 Å². The van der Waals surface area contributed by atoms with Crippen LogP contribution in [0.5, 0.6) is 5.75 Å². The second kappa shape index (κ2) is 8.62. The number of ether oxygens (including phenoxy) is 1. The molecule has 0 radical (unpaired) electrons. The molecule has 0 aliphatic carbocycles. The molecule has 4 aromatic rings. The van der Waals surface area contributed by atoms with Crippen LogP contribution in [0.2, 0.25) is 5.02 Å². The molecule has 8 heteroatoms. The van der Waals surface area contributed by atoms with Gasteiger partial charge in [0.05, 0.1) is 17.4 Å². The molecule has 2 aromatic heterocycles. The monoisotopic (exact) mass is 406 g/mol. The fourth-order valence-corrected chi connectivity index (χ4v) is 2.85. The fraction of sp³-hybridized carbons (Fsp3) is 0.0952. The predicted octanol–water partition coefficient (Wildman–Crippen LogP) is 5.23. The lowest BCUT2D eigenvalue weighted by molar-refractivity contribution is 0.306. The first-order chi connectivity index (χ1) is 14.2. The summed E-state index contributed by atoms with van der Waals surface area (Å²) in [5, 5.41) is 13.9. The number of anilines is 4. The highest BCUT2D eigenvalue weighted by molar-refractivity contribution is 6.32. The first-order valence-electron chi connectivity index (χ1n) is 9.00. The van der Waals surface area contributed by atoms with Gasteiger partial charge in [0, 0.05) is 23.5 Å². The molecule has 3 N–H and O–H groups in total. The van der Waals surface area contributed by atoms with Crippen LogP contribution in [-0.2, 0) is 6.61 Å². The maximum atomic E-state index is 6.28. The summed E-state index contributed by atoms with van der Waals surface area (Å²) in [5.41, 5.74) is 2.82. The Labute approximate surface area is 173 Å². The average Bonchev–Trinajstić information content (AvgIpc) is 3.14. The van der Waals surface area contributed by atoms with E-state index in [1.54, 1.807) is 18.5 Å². The van der Waals surface area contributed by atoms with Crippen molar-refractivity contribution >= 4 is 34.7 Å². The minimum Gasteiger partial charge on any atom is -0.487 e. The van der Waals surface area contributed by atoms with E-state index in [2.05, 4.69) is 30.8 Å². The lowest BCUT2D eigenvalue weighted by Gasteiger charge is -2.12. The van der Waals surface area contributed by atoms with Crippen molar-refractivity contribution in [1.82, 2.24) is 20.2 Å². The molecule has 0 atom stereocenters. The molecular formula is C21H19ClN6O. The Balaban J connectivity index is 1.45. The van der Waals surface area contributed by atoms with Gasteiger partial charge in [-0.2, -0.15) is 5.10 Å². The van der Waals surface area contributed by atoms with E-state index < -0.39 is 0 Å². The summed E-state index contributed by atoms with van der Waals surface area (Å²) in [6.45, 7) is 2.37. The number of hydrogen-bond donors (Lipinski definition) is 3. The number of nitrogens with zero attached hydrogens (tertiary/aromatic N) is 3. The standard InChI is InChI=1S/C21H19ClN6O/c1-14-9-19(28-27-14)25-21-12-23-11-20(26-21)24-16-7-8-17(22)18(10-16)29-13-15-5-3-2-4-6-15/h2-12H,13H2,1H3,(H3,24,25,26,27,28). The van der Waals surface area contributed by atoms with Gasteiger partial charge in [-0.05, 0) is 24.6 Å². The molecule has 0 saturated carbocycles. The summed E-state index contributed by atoms with van der Waals surface area (Å²) in [7, 11) is 0. The number of aromatic nitrogens is 4. The van der Waals surface area contributed by atoms with E-state index in [1.807, 2.05) is 55.5 Å². The first kappa shape index (κ1) is 18.8. The highest BCUT2D eigenvalue weighted by Gasteiger charge is 2.07. The predicted molar refractivity (Wildman–Crippen MR) is 114 cm³/mol. The Bertz CT molecular complexity index is 1100. The van der Waals surface area contributed by atoms with E-state index in [4.69, 9.17) is 16.3 Å². The third kappa shape index (κ3) is 5.03. The zero-order valence-electron chi connectivity index (χ0n) is 15.7. The van der Waals surface area contributed by atoms with Crippen LogP contribution in [0.25, 0.3) is 0 Å². The maximum Gasteiger partial charge on any atom is 0.153 e. The van der Waals surface area contributed by atoms with E-state index in [0.29, 0.717) is 34.8 Å². The number of halogens is 1. The summed E-state index contributed by atoms with van der Waals surface area (Å²) in [4.78, 5) is 8.72. The highest BCUT2D eigenvalue weighted by Crippen LogP contribution is 2.30. The summed E-state index contributed by atoms with van der Waals surface area (Å²) in [5.74, 6) is 2.43. The summed E-state index contributed by atoms with van der Waals surface area (Å²) < 4.78 is 5.87. The molecule has 146 valence electrons. The van der Waals surface area contributed by atoms with Crippen LogP contribution in [-0.4, -0.2) is 20.2 Å². The van der Waals surface area contributed by atoms with Crippen molar-refractivity contribution in [3.63, 3.8) is 0 Å². The molecule has 0 aliphatic heterocycles. The lowest BCUT2D eigenvalue weighted by atomic mass is 10.2. The minimum atomic E-state index is 0.437. The average molecular weight is 407 g/mol. The first-order valence-corrected chi connectivity index (χ1v) is 9.38. The molecule has 2 heterocycles. The molecule has 2 aromatic carbocycles. The largest absolute Gasteiger partial charge is 0.487 e. The van der Waals surface area contributed by atoms with Gasteiger partial charge in [-0.25, -0.2) is 4.98 Å². The smallest absolute Gasteiger partial charge is 0.153 e. The molecular weight excluding hydrogens is 388 g/mol. The topological polar surface area (TPSA) is 87.8 Å². The number of hydrogen-bond acceptors (Lipinski definition) is 6. The summed E-state index contributed by atoms with van der Waals surface area (Å²) in [6.07, 6.45) is 3.27. The van der Waals surface area contributed by atoms with Crippen LogP contribution < -0.4 is 15.4 Å². The van der Waals surface area contributed by atoms with Gasteiger partial charge in [-0.3, -0.25) is 10.1 Å². The van der Waals surface area contributed by atoms with E-state index in [1.165, 1.54) is 0 Å². The molecule has 0 spiro atoms. The van der Waals surface area contributed by atoms with Gasteiger partial charge in [-0.15, -0.1) is 0 Å². The van der Waals surface area contributed by atoms with Crippen LogP contribution in [0.4, 0.5) is 23.1 Å². The van der Waals surface area contributed by atoms with E-state index in [9.17, 15) is 0 Å². The van der Waals surface area contributed by atoms with Crippen LogP contribution in [0, 0.1) is 6.92 Å². The van der Waals surface area contributed by atoms with Crippen molar-refractivity contribution in [3.05, 3.63) is 83.3 Å². The number of rotatable bonds is 7. The van der Waals surface area contributed by atoms with Crippen molar-refractivity contribution in [2.45, 2.75) is 13.5 Å². The quantitative estimate of drug-likeness (QED) is 0.389. The van der Waals surface area contributed by atoms with E-state index in [0.717, 1.165) is 16.9 Å². The molecule has 29 heavy (non-hydrogen) atoms. The summed E-state index contributed by atoms with van der Waals surface area (Å²) in [6, 6.07) is 17.3. The van der Waals surface area contributed by atoms with Crippen molar-refractivity contribution in [1.29, 1.82) is 0 Å². The third-order valence-electron chi connectivity index (χ3n) is 4.04. The normalized spacial score (nSPS) is 10.6. The van der Waals surface area contributed by atoms with Gasteiger partial charge in [-0.1, -0.05) is 41.9 Å². The molecule has 4 rings (SSSR count). The van der Waals surface area contributed by atoms with Crippen molar-refractivity contribution in [2.75, 3.05) is 10.6 Å². The fourth-order valence-electron chi connectivity index (χ4n) is 2.67. The Morgan fingerprint density at radius 1 is 0.966 bits per heavy atom. The Hall–Kier alpha value is -3.58. The van der Waals surface area contributed by atoms with Crippen LogP contribution in [0.3, 0.4) is 0 Å². The van der Waals surface area contributed by atoms with Crippen LogP contribution >= 0.6 is 11.6 Å². The van der Waals surface area contributed by atoms with Crippen molar-refractivity contribution < 1.29 is 4.74 Å². The third-order valence-corrected chi connectivity index (χ3v) is 4.35. The number of benzene rings is 2. The molecule has 0 saturated heterocycles. The molecule has 0 aliphatic rings. The Morgan fingerprint density at radius 2 is 1.76 bits per heavy atom. The molecule has 0 fully saturated rings. The van der Waals surface area contributed by atoms with Gasteiger partial charge in [0.15, 0.2) is 17.5 Å². The van der Waals surface area contributed by atoms with Crippen LogP contribution in [0.1, 0.15) is 11.3 Å². The lowest BCUT2D eigenvalue weighted by Crippen LogP contribution is -2.00. The number of aryl methyl sites for hydroxylation is 1. The van der Waals surface area contributed by atoms with Crippen molar-refractivity contribution in [3.8, 4) is 5.75 Å². The Kier molecular flexibility index (Phi) is 5.58. The minimum absolute atomic E-state index is 0.437. The molecule has 0 amide bonds. The van der Waals surface area contributed by atoms with E-state index in [-0.39, 0.29) is 0 Å². The van der Waals surface area contributed by atoms with Gasteiger partial charge >= 0.3 is 0 Å².